The number of carboxylic acids is 1. The van der Waals surface area contributed by atoms with E-state index in [1.54, 1.807) is 6.07 Å². The van der Waals surface area contributed by atoms with Crippen molar-refractivity contribution in [1.29, 1.82) is 0 Å². The van der Waals surface area contributed by atoms with E-state index >= 15 is 0 Å². The van der Waals surface area contributed by atoms with Crippen LogP contribution in [0.5, 0.6) is 0 Å². The van der Waals surface area contributed by atoms with E-state index in [4.69, 9.17) is 0 Å². The van der Waals surface area contributed by atoms with Crippen LogP contribution in [0, 0.1) is 0 Å². The summed E-state index contributed by atoms with van der Waals surface area (Å²) in [5, 5.41) is 10.0. The van der Waals surface area contributed by atoms with Gasteiger partial charge in [0.05, 0.1) is 11.1 Å². The molecule has 0 radical (unpaired) electrons. The molecule has 0 spiro atoms. The van der Waals surface area contributed by atoms with Gasteiger partial charge in [-0.3, -0.25) is 4.98 Å². The van der Waals surface area contributed by atoms with Gasteiger partial charge in [0.15, 0.2) is 0 Å². The highest BCUT2D eigenvalue weighted by atomic mass is 79.9. The highest BCUT2D eigenvalue weighted by Gasteiger charge is 2.41. The lowest BCUT2D eigenvalue weighted by Gasteiger charge is -2.11. The second kappa shape index (κ2) is 3.79. The van der Waals surface area contributed by atoms with Gasteiger partial charge in [-0.1, -0.05) is 22.9 Å². The third kappa shape index (κ3) is 1.81. The standard InChI is InChI=1S/C14H12BrNO2/c1-14(4-5-14)12-7-10(13(17)18)9-6-8(15)2-3-11(9)16-12/h2-3,6-7H,4-5H2,1H3,(H,17,18). The zero-order valence-corrected chi connectivity index (χ0v) is 11.5. The molecule has 3 rings (SSSR count). The van der Waals surface area contributed by atoms with Gasteiger partial charge in [-0.25, -0.2) is 4.79 Å². The monoisotopic (exact) mass is 305 g/mol. The van der Waals surface area contributed by atoms with Crippen LogP contribution in [0.4, 0.5) is 0 Å². The lowest BCUT2D eigenvalue weighted by atomic mass is 10.00. The molecular formula is C14H12BrNO2. The van der Waals surface area contributed by atoms with E-state index in [9.17, 15) is 9.90 Å². The van der Waals surface area contributed by atoms with Gasteiger partial charge in [-0.05, 0) is 37.1 Å². The number of hydrogen-bond donors (Lipinski definition) is 1. The zero-order valence-electron chi connectivity index (χ0n) is 9.90. The first-order valence-electron chi connectivity index (χ1n) is 5.84. The van der Waals surface area contributed by atoms with Gasteiger partial charge in [0.25, 0.3) is 0 Å². The maximum Gasteiger partial charge on any atom is 0.336 e. The molecule has 0 amide bonds. The summed E-state index contributed by atoms with van der Waals surface area (Å²) < 4.78 is 0.865. The van der Waals surface area contributed by atoms with E-state index < -0.39 is 5.97 Å². The molecule has 2 aromatic rings. The number of rotatable bonds is 2. The summed E-state index contributed by atoms with van der Waals surface area (Å²) in [6.07, 6.45) is 2.17. The van der Waals surface area contributed by atoms with Gasteiger partial charge in [0, 0.05) is 21.0 Å². The molecule has 0 saturated heterocycles. The van der Waals surface area contributed by atoms with E-state index in [-0.39, 0.29) is 5.41 Å². The van der Waals surface area contributed by atoms with Crippen molar-refractivity contribution >= 4 is 32.8 Å². The Morgan fingerprint density at radius 3 is 2.72 bits per heavy atom. The maximum absolute atomic E-state index is 11.4. The minimum atomic E-state index is -0.897. The first-order chi connectivity index (χ1) is 8.49. The van der Waals surface area contributed by atoms with Crippen LogP contribution >= 0.6 is 15.9 Å². The van der Waals surface area contributed by atoms with Crippen molar-refractivity contribution in [3.05, 3.63) is 40.0 Å². The first-order valence-corrected chi connectivity index (χ1v) is 6.63. The molecule has 1 aromatic carbocycles. The number of carbonyl (C=O) groups is 1. The maximum atomic E-state index is 11.4. The molecule has 1 heterocycles. The molecule has 1 aromatic heterocycles. The smallest absolute Gasteiger partial charge is 0.336 e. The van der Waals surface area contributed by atoms with Crippen LogP contribution in [0.2, 0.25) is 0 Å². The lowest BCUT2D eigenvalue weighted by Crippen LogP contribution is -2.08. The quantitative estimate of drug-likeness (QED) is 0.919. The predicted molar refractivity (Wildman–Crippen MR) is 73.0 cm³/mol. The molecule has 3 nitrogen and oxygen atoms in total. The molecule has 1 saturated carbocycles. The molecule has 92 valence electrons. The first kappa shape index (κ1) is 11.7. The second-order valence-electron chi connectivity index (χ2n) is 5.08. The molecule has 0 atom stereocenters. The fraction of sp³-hybridized carbons (Fsp3) is 0.286. The Bertz CT molecular complexity index is 662. The number of benzene rings is 1. The minimum Gasteiger partial charge on any atom is -0.478 e. The number of aromatic carboxylic acids is 1. The third-order valence-corrected chi connectivity index (χ3v) is 4.11. The van der Waals surface area contributed by atoms with Gasteiger partial charge >= 0.3 is 5.97 Å². The highest BCUT2D eigenvalue weighted by molar-refractivity contribution is 9.10. The molecule has 1 N–H and O–H groups in total. The molecule has 1 fully saturated rings. The fourth-order valence-corrected chi connectivity index (χ4v) is 2.49. The lowest BCUT2D eigenvalue weighted by molar-refractivity contribution is 0.0699. The average molecular weight is 306 g/mol. The molecule has 1 aliphatic rings. The van der Waals surface area contributed by atoms with Crippen LogP contribution in [-0.2, 0) is 5.41 Å². The van der Waals surface area contributed by atoms with Crippen LogP contribution < -0.4 is 0 Å². The molecule has 18 heavy (non-hydrogen) atoms. The normalized spacial score (nSPS) is 16.8. The fourth-order valence-electron chi connectivity index (χ4n) is 2.13. The Kier molecular flexibility index (Phi) is 2.45. The van der Waals surface area contributed by atoms with E-state index in [0.29, 0.717) is 10.9 Å². The summed E-state index contributed by atoms with van der Waals surface area (Å²) in [5.41, 5.74) is 2.06. The van der Waals surface area contributed by atoms with E-state index in [1.165, 1.54) is 0 Å². The number of aromatic nitrogens is 1. The number of nitrogens with zero attached hydrogens (tertiary/aromatic N) is 1. The Balaban J connectivity index is 2.32. The van der Waals surface area contributed by atoms with E-state index in [0.717, 1.165) is 28.5 Å². The van der Waals surface area contributed by atoms with Crippen LogP contribution in [0.1, 0.15) is 35.8 Å². The largest absolute Gasteiger partial charge is 0.478 e. The number of carboxylic acid groups (broad SMARTS) is 1. The summed E-state index contributed by atoms with van der Waals surface area (Å²) in [6.45, 7) is 2.13. The minimum absolute atomic E-state index is 0.0749. The molecule has 4 heteroatoms. The molecular weight excluding hydrogens is 294 g/mol. The van der Waals surface area contributed by atoms with Crippen molar-refractivity contribution < 1.29 is 9.90 Å². The van der Waals surface area contributed by atoms with Crippen molar-refractivity contribution in [3.8, 4) is 0 Å². The van der Waals surface area contributed by atoms with Crippen molar-refractivity contribution in [2.24, 2.45) is 0 Å². The van der Waals surface area contributed by atoms with Crippen molar-refractivity contribution in [3.63, 3.8) is 0 Å². The Hall–Kier alpha value is -1.42. The zero-order chi connectivity index (χ0) is 12.9. The Morgan fingerprint density at radius 1 is 1.39 bits per heavy atom. The second-order valence-corrected chi connectivity index (χ2v) is 6.00. The molecule has 1 aliphatic carbocycles. The SMILES string of the molecule is CC1(c2cc(C(=O)O)c3cc(Br)ccc3n2)CC1. The van der Waals surface area contributed by atoms with Gasteiger partial charge < -0.3 is 5.11 Å². The molecule has 0 bridgehead atoms. The predicted octanol–water partition coefficient (Wildman–Crippen LogP) is 3.75. The van der Waals surface area contributed by atoms with Gasteiger partial charge in [-0.2, -0.15) is 0 Å². The highest BCUT2D eigenvalue weighted by Crippen LogP contribution is 2.47. The summed E-state index contributed by atoms with van der Waals surface area (Å²) in [6, 6.07) is 7.29. The molecule has 0 unspecified atom stereocenters. The van der Waals surface area contributed by atoms with Crippen molar-refractivity contribution in [2.45, 2.75) is 25.2 Å². The molecule has 0 aliphatic heterocycles. The summed E-state index contributed by atoms with van der Waals surface area (Å²) in [7, 11) is 0. The topological polar surface area (TPSA) is 50.2 Å². The van der Waals surface area contributed by atoms with Crippen molar-refractivity contribution in [1.82, 2.24) is 4.98 Å². The Morgan fingerprint density at radius 2 is 2.11 bits per heavy atom. The number of hydrogen-bond acceptors (Lipinski definition) is 2. The van der Waals surface area contributed by atoms with Crippen molar-refractivity contribution in [2.75, 3.05) is 0 Å². The van der Waals surface area contributed by atoms with E-state index in [1.807, 2.05) is 18.2 Å². The summed E-state index contributed by atoms with van der Waals surface area (Å²) in [5.74, 6) is -0.897. The number of pyridine rings is 1. The van der Waals surface area contributed by atoms with Crippen LogP contribution in [0.15, 0.2) is 28.7 Å². The Labute approximate surface area is 113 Å². The number of halogens is 1. The van der Waals surface area contributed by atoms with E-state index in [2.05, 4.69) is 27.8 Å². The van der Waals surface area contributed by atoms with Crippen LogP contribution in [-0.4, -0.2) is 16.1 Å². The van der Waals surface area contributed by atoms with Gasteiger partial charge in [0.1, 0.15) is 0 Å². The van der Waals surface area contributed by atoms with Gasteiger partial charge in [-0.15, -0.1) is 0 Å². The summed E-state index contributed by atoms with van der Waals surface area (Å²) in [4.78, 5) is 16.0. The average Bonchev–Trinajstić information content (AvgIpc) is 3.07. The van der Waals surface area contributed by atoms with Gasteiger partial charge in [0.2, 0.25) is 0 Å². The number of fused-ring (bicyclic) bond motifs is 1. The van der Waals surface area contributed by atoms with Crippen LogP contribution in [0.25, 0.3) is 10.9 Å². The summed E-state index contributed by atoms with van der Waals surface area (Å²) >= 11 is 3.37. The van der Waals surface area contributed by atoms with Crippen LogP contribution in [0.3, 0.4) is 0 Å². The third-order valence-electron chi connectivity index (χ3n) is 3.62.